The van der Waals surface area contributed by atoms with Crippen LogP contribution < -0.4 is 20.4 Å². The molecule has 0 bridgehead atoms. The Kier molecular flexibility index (Phi) is 7.16. The van der Waals surface area contributed by atoms with Gasteiger partial charge < -0.3 is 25.1 Å². The lowest BCUT2D eigenvalue weighted by molar-refractivity contribution is 0.152. The molecule has 0 unspecified atom stereocenters. The van der Waals surface area contributed by atoms with Gasteiger partial charge in [-0.1, -0.05) is 18.2 Å². The van der Waals surface area contributed by atoms with E-state index in [1.165, 1.54) is 12.1 Å². The van der Waals surface area contributed by atoms with Crippen molar-refractivity contribution in [1.29, 1.82) is 5.41 Å². The van der Waals surface area contributed by atoms with Crippen LogP contribution in [0.5, 0.6) is 5.75 Å². The number of hydrogen-bond acceptors (Lipinski definition) is 7. The average molecular weight is 446 g/mol. The van der Waals surface area contributed by atoms with E-state index in [0.717, 1.165) is 43.7 Å². The number of anilines is 2. The molecule has 1 aliphatic heterocycles. The number of benzene rings is 2. The maximum atomic E-state index is 12.7. The van der Waals surface area contributed by atoms with Gasteiger partial charge in [0.15, 0.2) is 5.69 Å². The summed E-state index contributed by atoms with van der Waals surface area (Å²) in [5, 5.41) is 15.3. The first kappa shape index (κ1) is 22.3. The highest BCUT2D eigenvalue weighted by Gasteiger charge is 2.15. The molecule has 0 spiro atoms. The Balaban J connectivity index is 1.69. The second-order valence-corrected chi connectivity index (χ2v) is 7.52. The number of para-hydroxylation sites is 1. The number of rotatable bonds is 7. The second-order valence-electron chi connectivity index (χ2n) is 7.52. The fourth-order valence-electron chi connectivity index (χ4n) is 3.73. The molecule has 1 fully saturated rings. The van der Waals surface area contributed by atoms with Crippen molar-refractivity contribution < 1.29 is 9.47 Å². The molecule has 8 nitrogen and oxygen atoms in total. The van der Waals surface area contributed by atoms with E-state index in [0.29, 0.717) is 23.7 Å². The summed E-state index contributed by atoms with van der Waals surface area (Å²) < 4.78 is 12.9. The van der Waals surface area contributed by atoms with Crippen LogP contribution in [-0.2, 0) is 4.74 Å². The van der Waals surface area contributed by atoms with Crippen molar-refractivity contribution in [3.05, 3.63) is 82.8 Å². The SMILES string of the molecule is COc1cc(N2CCCOCC2)ccc1-n1ccc(=O)c(/C(=C/C=N)Nc2ccccc2)n1. The van der Waals surface area contributed by atoms with Crippen LogP contribution in [0.4, 0.5) is 11.4 Å². The van der Waals surface area contributed by atoms with Gasteiger partial charge in [0.2, 0.25) is 5.43 Å². The molecule has 0 aliphatic carbocycles. The van der Waals surface area contributed by atoms with Crippen LogP contribution in [0.2, 0.25) is 0 Å². The van der Waals surface area contributed by atoms with Crippen molar-refractivity contribution in [2.75, 3.05) is 43.6 Å². The molecular formula is C25H27N5O3. The lowest BCUT2D eigenvalue weighted by Gasteiger charge is -2.23. The molecular weight excluding hydrogens is 418 g/mol. The number of hydrogen-bond donors (Lipinski definition) is 2. The molecule has 1 saturated heterocycles. The summed E-state index contributed by atoms with van der Waals surface area (Å²) in [6.45, 7) is 3.22. The van der Waals surface area contributed by atoms with Crippen molar-refractivity contribution in [3.63, 3.8) is 0 Å². The van der Waals surface area contributed by atoms with E-state index in [-0.39, 0.29) is 11.1 Å². The predicted molar refractivity (Wildman–Crippen MR) is 131 cm³/mol. The quantitative estimate of drug-likeness (QED) is 0.540. The lowest BCUT2D eigenvalue weighted by Crippen LogP contribution is -2.26. The molecule has 3 aromatic rings. The van der Waals surface area contributed by atoms with Gasteiger partial charge in [-0.15, -0.1) is 0 Å². The van der Waals surface area contributed by atoms with Crippen LogP contribution in [0, 0.1) is 5.41 Å². The number of ether oxygens (including phenoxy) is 2. The third-order valence-corrected chi connectivity index (χ3v) is 5.36. The highest BCUT2D eigenvalue weighted by molar-refractivity contribution is 5.86. The molecule has 4 rings (SSSR count). The van der Waals surface area contributed by atoms with E-state index in [2.05, 4.69) is 15.3 Å². The van der Waals surface area contributed by atoms with Crippen LogP contribution in [0.1, 0.15) is 12.1 Å². The van der Waals surface area contributed by atoms with Crippen LogP contribution in [-0.4, -0.2) is 49.4 Å². The normalized spacial score (nSPS) is 14.5. The summed E-state index contributed by atoms with van der Waals surface area (Å²) in [5.74, 6) is 0.647. The maximum Gasteiger partial charge on any atom is 0.209 e. The summed E-state index contributed by atoms with van der Waals surface area (Å²) in [5.41, 5.74) is 2.96. The molecule has 1 aromatic heterocycles. The molecule has 8 heteroatoms. The second kappa shape index (κ2) is 10.6. The molecule has 2 N–H and O–H groups in total. The first-order valence-electron chi connectivity index (χ1n) is 10.8. The minimum atomic E-state index is -0.247. The molecule has 0 saturated carbocycles. The largest absolute Gasteiger partial charge is 0.494 e. The monoisotopic (exact) mass is 445 g/mol. The Labute approximate surface area is 192 Å². The Morgan fingerprint density at radius 3 is 2.79 bits per heavy atom. The molecule has 170 valence electrons. The lowest BCUT2D eigenvalue weighted by atomic mass is 10.2. The third-order valence-electron chi connectivity index (χ3n) is 5.36. The zero-order valence-electron chi connectivity index (χ0n) is 18.5. The molecule has 33 heavy (non-hydrogen) atoms. The van der Waals surface area contributed by atoms with Crippen LogP contribution in [0.3, 0.4) is 0 Å². The van der Waals surface area contributed by atoms with Gasteiger partial charge in [-0.25, -0.2) is 4.68 Å². The van der Waals surface area contributed by atoms with Gasteiger partial charge in [-0.05, 0) is 36.8 Å². The molecule has 2 aromatic carbocycles. The minimum absolute atomic E-state index is 0.209. The van der Waals surface area contributed by atoms with Crippen LogP contribution >= 0.6 is 0 Å². The van der Waals surface area contributed by atoms with Crippen molar-refractivity contribution in [2.45, 2.75) is 6.42 Å². The van der Waals surface area contributed by atoms with E-state index in [4.69, 9.17) is 14.9 Å². The zero-order valence-corrected chi connectivity index (χ0v) is 18.5. The Hall–Kier alpha value is -3.91. The van der Waals surface area contributed by atoms with Crippen molar-refractivity contribution in [3.8, 4) is 11.4 Å². The fourth-order valence-corrected chi connectivity index (χ4v) is 3.73. The molecule has 0 radical (unpaired) electrons. The predicted octanol–water partition coefficient (Wildman–Crippen LogP) is 3.57. The average Bonchev–Trinajstić information content (AvgIpc) is 3.14. The smallest absolute Gasteiger partial charge is 0.209 e. The van der Waals surface area contributed by atoms with Gasteiger partial charge in [0.1, 0.15) is 11.4 Å². The van der Waals surface area contributed by atoms with E-state index < -0.39 is 0 Å². The maximum absolute atomic E-state index is 12.7. The summed E-state index contributed by atoms with van der Waals surface area (Å²) in [4.78, 5) is 15.0. The van der Waals surface area contributed by atoms with Gasteiger partial charge in [-0.3, -0.25) is 4.79 Å². The molecule has 0 atom stereocenters. The Morgan fingerprint density at radius 2 is 2.00 bits per heavy atom. The molecule has 2 heterocycles. The van der Waals surface area contributed by atoms with Crippen molar-refractivity contribution in [2.24, 2.45) is 0 Å². The van der Waals surface area contributed by atoms with Gasteiger partial charge >= 0.3 is 0 Å². The number of aromatic nitrogens is 2. The third kappa shape index (κ3) is 5.30. The molecule has 0 amide bonds. The van der Waals surface area contributed by atoms with Crippen molar-refractivity contribution in [1.82, 2.24) is 9.78 Å². The number of allylic oxidation sites excluding steroid dienone is 1. The topological polar surface area (TPSA) is 92.5 Å². The number of methoxy groups -OCH3 is 1. The number of nitrogens with zero attached hydrogens (tertiary/aromatic N) is 3. The van der Waals surface area contributed by atoms with E-state index in [1.54, 1.807) is 18.0 Å². The summed E-state index contributed by atoms with van der Waals surface area (Å²) in [7, 11) is 1.62. The van der Waals surface area contributed by atoms with Gasteiger partial charge in [-0.2, -0.15) is 5.10 Å². The number of nitrogens with one attached hydrogen (secondary N) is 2. The van der Waals surface area contributed by atoms with Crippen LogP contribution in [0.15, 0.2) is 71.7 Å². The van der Waals surface area contributed by atoms with E-state index in [9.17, 15) is 4.79 Å². The highest BCUT2D eigenvalue weighted by atomic mass is 16.5. The van der Waals surface area contributed by atoms with Crippen molar-refractivity contribution >= 4 is 23.3 Å². The van der Waals surface area contributed by atoms with E-state index in [1.807, 2.05) is 48.5 Å². The van der Waals surface area contributed by atoms with Gasteiger partial charge in [0, 0.05) is 55.6 Å². The fraction of sp³-hybridized carbons (Fsp3) is 0.240. The summed E-state index contributed by atoms with van der Waals surface area (Å²) in [6.07, 6.45) is 5.24. The summed E-state index contributed by atoms with van der Waals surface area (Å²) >= 11 is 0. The first-order valence-corrected chi connectivity index (χ1v) is 10.8. The summed E-state index contributed by atoms with van der Waals surface area (Å²) in [6, 6.07) is 16.9. The van der Waals surface area contributed by atoms with Crippen LogP contribution in [0.25, 0.3) is 11.4 Å². The van der Waals surface area contributed by atoms with E-state index >= 15 is 0 Å². The minimum Gasteiger partial charge on any atom is -0.494 e. The van der Waals surface area contributed by atoms with Gasteiger partial charge in [0.25, 0.3) is 0 Å². The molecule has 1 aliphatic rings. The zero-order chi connectivity index (χ0) is 23.0. The Morgan fingerprint density at radius 1 is 1.15 bits per heavy atom. The Bertz CT molecular complexity index is 1180. The standard InChI is InChI=1S/C25H27N5O3/c1-32-24-18-20(29-13-5-16-33-17-15-29)8-9-22(24)30-14-11-23(31)25(28-30)21(10-12-26)27-19-6-3-2-4-7-19/h2-4,6-12,14,18,26-27H,5,13,15-17H2,1H3/b21-10-,26-12?. The highest BCUT2D eigenvalue weighted by Crippen LogP contribution is 2.29. The van der Waals surface area contributed by atoms with Gasteiger partial charge in [0.05, 0.1) is 19.4 Å². The first-order chi connectivity index (χ1) is 16.2.